The first-order valence-corrected chi connectivity index (χ1v) is 5.00. The monoisotopic (exact) mass is 188 g/mol. The quantitative estimate of drug-likeness (QED) is 0.659. The number of methoxy groups -OCH3 is 1. The van der Waals surface area contributed by atoms with E-state index in [1.165, 1.54) is 0 Å². The van der Waals surface area contributed by atoms with Gasteiger partial charge < -0.3 is 14.6 Å². The van der Waals surface area contributed by atoms with Crippen LogP contribution >= 0.6 is 0 Å². The Kier molecular flexibility index (Phi) is 4.70. The maximum atomic E-state index is 9.34. The fourth-order valence-electron chi connectivity index (χ4n) is 1.88. The third-order valence-corrected chi connectivity index (χ3v) is 2.94. The van der Waals surface area contributed by atoms with Crippen molar-refractivity contribution in [2.24, 2.45) is 5.41 Å². The predicted octanol–water partition coefficient (Wildman–Crippen LogP) is 1.20. The Balaban J connectivity index is 2.29. The molecule has 0 aliphatic carbocycles. The van der Waals surface area contributed by atoms with E-state index in [9.17, 15) is 5.11 Å². The van der Waals surface area contributed by atoms with Crippen molar-refractivity contribution in [1.29, 1.82) is 0 Å². The molecule has 1 fully saturated rings. The summed E-state index contributed by atoms with van der Waals surface area (Å²) in [6.45, 7) is 2.68. The first-order chi connectivity index (χ1) is 6.33. The van der Waals surface area contributed by atoms with Gasteiger partial charge in [0.1, 0.15) is 0 Å². The second-order valence-corrected chi connectivity index (χ2v) is 3.87. The second kappa shape index (κ2) is 5.58. The number of aliphatic hydroxyl groups excluding tert-OH is 1. The van der Waals surface area contributed by atoms with Gasteiger partial charge in [-0.25, -0.2) is 0 Å². The summed E-state index contributed by atoms with van der Waals surface area (Å²) in [7, 11) is 1.72. The van der Waals surface area contributed by atoms with Crippen LogP contribution < -0.4 is 0 Å². The van der Waals surface area contributed by atoms with Gasteiger partial charge in [-0.3, -0.25) is 0 Å². The fraction of sp³-hybridized carbons (Fsp3) is 1.00. The number of hydrogen-bond donors (Lipinski definition) is 1. The molecule has 0 saturated carbocycles. The SMILES string of the molecule is COCCCC1(CO)CCOCC1. The number of rotatable bonds is 5. The molecular weight excluding hydrogens is 168 g/mol. The summed E-state index contributed by atoms with van der Waals surface area (Å²) in [5.74, 6) is 0. The van der Waals surface area contributed by atoms with E-state index in [-0.39, 0.29) is 5.41 Å². The van der Waals surface area contributed by atoms with E-state index in [1.807, 2.05) is 0 Å². The average molecular weight is 188 g/mol. The molecule has 1 N–H and O–H groups in total. The largest absolute Gasteiger partial charge is 0.396 e. The van der Waals surface area contributed by atoms with Gasteiger partial charge >= 0.3 is 0 Å². The van der Waals surface area contributed by atoms with Gasteiger partial charge in [0, 0.05) is 33.5 Å². The third kappa shape index (κ3) is 3.25. The first kappa shape index (κ1) is 11.0. The second-order valence-electron chi connectivity index (χ2n) is 3.87. The summed E-state index contributed by atoms with van der Waals surface area (Å²) in [6.07, 6.45) is 4.08. The Labute approximate surface area is 80.0 Å². The molecule has 0 amide bonds. The van der Waals surface area contributed by atoms with E-state index < -0.39 is 0 Å². The molecular formula is C10H20O3. The summed E-state index contributed by atoms with van der Waals surface area (Å²) in [4.78, 5) is 0. The first-order valence-electron chi connectivity index (χ1n) is 5.00. The molecule has 1 heterocycles. The molecule has 1 aliphatic rings. The van der Waals surface area contributed by atoms with Gasteiger partial charge in [-0.1, -0.05) is 0 Å². The van der Waals surface area contributed by atoms with Gasteiger partial charge in [0.25, 0.3) is 0 Å². The van der Waals surface area contributed by atoms with Crippen molar-refractivity contribution in [1.82, 2.24) is 0 Å². The molecule has 78 valence electrons. The Morgan fingerprint density at radius 3 is 2.62 bits per heavy atom. The third-order valence-electron chi connectivity index (χ3n) is 2.94. The highest BCUT2D eigenvalue weighted by Crippen LogP contribution is 2.34. The molecule has 0 spiro atoms. The molecule has 0 aromatic carbocycles. The molecule has 3 nitrogen and oxygen atoms in total. The van der Waals surface area contributed by atoms with Crippen LogP contribution in [0.1, 0.15) is 25.7 Å². The standard InChI is InChI=1S/C10H20O3/c1-12-6-2-3-10(9-11)4-7-13-8-5-10/h11H,2-9H2,1H3. The highest BCUT2D eigenvalue weighted by atomic mass is 16.5. The van der Waals surface area contributed by atoms with Crippen molar-refractivity contribution in [3.63, 3.8) is 0 Å². The van der Waals surface area contributed by atoms with Crippen molar-refractivity contribution in [3.05, 3.63) is 0 Å². The van der Waals surface area contributed by atoms with Gasteiger partial charge in [0.2, 0.25) is 0 Å². The smallest absolute Gasteiger partial charge is 0.0489 e. The van der Waals surface area contributed by atoms with Gasteiger partial charge in [-0.05, 0) is 31.1 Å². The molecule has 0 aromatic rings. The van der Waals surface area contributed by atoms with Crippen LogP contribution in [0.2, 0.25) is 0 Å². The van der Waals surface area contributed by atoms with E-state index >= 15 is 0 Å². The van der Waals surface area contributed by atoms with E-state index in [0.29, 0.717) is 6.61 Å². The Morgan fingerprint density at radius 1 is 1.38 bits per heavy atom. The lowest BCUT2D eigenvalue weighted by Gasteiger charge is -2.35. The van der Waals surface area contributed by atoms with Crippen LogP contribution in [-0.4, -0.2) is 38.6 Å². The molecule has 1 aliphatic heterocycles. The highest BCUT2D eigenvalue weighted by molar-refractivity contribution is 4.80. The fourth-order valence-corrected chi connectivity index (χ4v) is 1.88. The van der Waals surface area contributed by atoms with Crippen molar-refractivity contribution in [3.8, 4) is 0 Å². The maximum Gasteiger partial charge on any atom is 0.0489 e. The zero-order valence-electron chi connectivity index (χ0n) is 8.42. The van der Waals surface area contributed by atoms with Crippen molar-refractivity contribution in [2.45, 2.75) is 25.7 Å². The predicted molar refractivity (Wildman–Crippen MR) is 50.7 cm³/mol. The minimum Gasteiger partial charge on any atom is -0.396 e. The van der Waals surface area contributed by atoms with Gasteiger partial charge in [-0.2, -0.15) is 0 Å². The summed E-state index contributed by atoms with van der Waals surface area (Å²) in [5.41, 5.74) is 0.122. The van der Waals surface area contributed by atoms with E-state index in [1.54, 1.807) is 7.11 Å². The lowest BCUT2D eigenvalue weighted by molar-refractivity contribution is -0.0242. The molecule has 1 saturated heterocycles. The summed E-state index contributed by atoms with van der Waals surface area (Å²) in [5, 5.41) is 9.34. The Bertz CT molecular complexity index is 130. The van der Waals surface area contributed by atoms with Crippen LogP contribution in [0, 0.1) is 5.41 Å². The number of hydrogen-bond acceptors (Lipinski definition) is 3. The maximum absolute atomic E-state index is 9.34. The normalized spacial score (nSPS) is 21.7. The summed E-state index contributed by atoms with van der Waals surface area (Å²) >= 11 is 0. The van der Waals surface area contributed by atoms with Gasteiger partial charge in [0.05, 0.1) is 0 Å². The molecule has 13 heavy (non-hydrogen) atoms. The molecule has 0 unspecified atom stereocenters. The zero-order chi connectivity index (χ0) is 9.57. The van der Waals surface area contributed by atoms with Crippen LogP contribution in [0.25, 0.3) is 0 Å². The molecule has 0 aromatic heterocycles. The van der Waals surface area contributed by atoms with Gasteiger partial charge in [0.15, 0.2) is 0 Å². The van der Waals surface area contributed by atoms with Crippen LogP contribution in [-0.2, 0) is 9.47 Å². The van der Waals surface area contributed by atoms with Crippen LogP contribution in [0.5, 0.6) is 0 Å². The topological polar surface area (TPSA) is 38.7 Å². The highest BCUT2D eigenvalue weighted by Gasteiger charge is 2.31. The minimum absolute atomic E-state index is 0.122. The minimum atomic E-state index is 0.122. The van der Waals surface area contributed by atoms with Crippen molar-refractivity contribution in [2.75, 3.05) is 33.5 Å². The Hall–Kier alpha value is -0.120. The molecule has 0 atom stereocenters. The molecule has 0 radical (unpaired) electrons. The van der Waals surface area contributed by atoms with Crippen LogP contribution in [0.3, 0.4) is 0 Å². The lowest BCUT2D eigenvalue weighted by atomic mass is 9.77. The Morgan fingerprint density at radius 2 is 2.08 bits per heavy atom. The van der Waals surface area contributed by atoms with Crippen LogP contribution in [0.4, 0.5) is 0 Å². The van der Waals surface area contributed by atoms with E-state index in [2.05, 4.69) is 0 Å². The van der Waals surface area contributed by atoms with E-state index in [0.717, 1.165) is 45.5 Å². The molecule has 1 rings (SSSR count). The van der Waals surface area contributed by atoms with Crippen molar-refractivity contribution < 1.29 is 14.6 Å². The summed E-state index contributed by atoms with van der Waals surface area (Å²) in [6, 6.07) is 0. The molecule has 3 heteroatoms. The number of ether oxygens (including phenoxy) is 2. The molecule has 0 bridgehead atoms. The zero-order valence-corrected chi connectivity index (χ0v) is 8.42. The average Bonchev–Trinajstić information content (AvgIpc) is 2.20. The van der Waals surface area contributed by atoms with Crippen LogP contribution in [0.15, 0.2) is 0 Å². The van der Waals surface area contributed by atoms with E-state index in [4.69, 9.17) is 9.47 Å². The lowest BCUT2D eigenvalue weighted by Crippen LogP contribution is -2.33. The van der Waals surface area contributed by atoms with Crippen molar-refractivity contribution >= 4 is 0 Å². The summed E-state index contributed by atoms with van der Waals surface area (Å²) < 4.78 is 10.3. The van der Waals surface area contributed by atoms with Gasteiger partial charge in [-0.15, -0.1) is 0 Å². The number of aliphatic hydroxyl groups is 1.